The zero-order chi connectivity index (χ0) is 37.9. The molecule has 0 saturated carbocycles. The first-order chi connectivity index (χ1) is 26.5. The minimum absolute atomic E-state index is 0.633. The van der Waals surface area contributed by atoms with E-state index in [4.69, 9.17) is 28.4 Å². The predicted octanol–water partition coefficient (Wildman–Crippen LogP) is 12.2. The normalized spacial score (nSPS) is 14.3. The lowest BCUT2D eigenvalue weighted by Gasteiger charge is -2.18. The van der Waals surface area contributed by atoms with Crippen LogP contribution in [0.5, 0.6) is 34.5 Å². The van der Waals surface area contributed by atoms with Gasteiger partial charge in [0.05, 0.1) is 40.6 Å². The summed E-state index contributed by atoms with van der Waals surface area (Å²) in [6.45, 7) is 11.3. The van der Waals surface area contributed by atoms with Crippen LogP contribution >= 0.6 is 0 Å². The highest BCUT2D eigenvalue weighted by atomic mass is 16.5. The molecule has 0 fully saturated rings. The van der Waals surface area contributed by atoms with Gasteiger partial charge in [0.15, 0.2) is 23.0 Å². The van der Waals surface area contributed by atoms with Crippen LogP contribution in [0, 0.1) is 0 Å². The topological polar surface area (TPSA) is 55.4 Å². The van der Waals surface area contributed by atoms with Crippen molar-refractivity contribution in [2.24, 2.45) is 0 Å². The number of hydrogen-bond donors (Lipinski definition) is 0. The van der Waals surface area contributed by atoms with E-state index >= 15 is 0 Å². The lowest BCUT2D eigenvalue weighted by atomic mass is 9.94. The average Bonchev–Trinajstić information content (AvgIpc) is 3.75. The van der Waals surface area contributed by atoms with Gasteiger partial charge in [-0.1, -0.05) is 77.6 Å². The van der Waals surface area contributed by atoms with Gasteiger partial charge < -0.3 is 28.4 Å². The van der Waals surface area contributed by atoms with E-state index in [1.165, 1.54) is 0 Å². The Hall–Kier alpha value is -5.10. The van der Waals surface area contributed by atoms with Gasteiger partial charge in [-0.2, -0.15) is 0 Å². The Morgan fingerprint density at radius 3 is 0.963 bits per heavy atom. The number of ether oxygens (including phenoxy) is 6. The molecule has 6 nitrogen and oxygen atoms in total. The molecule has 0 heterocycles. The molecule has 0 saturated heterocycles. The maximum atomic E-state index is 6.48. The Labute approximate surface area is 322 Å². The molecule has 6 rings (SSSR count). The molecule has 0 spiro atoms. The number of hydrogen-bond acceptors (Lipinski definition) is 6. The molecular formula is C48H56O6. The number of rotatable bonds is 20. The van der Waals surface area contributed by atoms with Crippen LogP contribution in [0.15, 0.2) is 84.9 Å². The first-order valence-corrected chi connectivity index (χ1v) is 19.9. The fourth-order valence-corrected chi connectivity index (χ4v) is 6.83. The van der Waals surface area contributed by atoms with Crippen molar-refractivity contribution >= 4 is 22.3 Å². The molecule has 4 aromatic rings. The second-order valence-corrected chi connectivity index (χ2v) is 13.9. The van der Waals surface area contributed by atoms with Crippen LogP contribution in [0.4, 0.5) is 0 Å². The summed E-state index contributed by atoms with van der Waals surface area (Å²) in [7, 11) is 3.40. The van der Waals surface area contributed by atoms with Crippen molar-refractivity contribution in [3.8, 4) is 34.5 Å². The molecule has 0 N–H and O–H groups in total. The van der Waals surface area contributed by atoms with Crippen molar-refractivity contribution in [1.82, 2.24) is 0 Å². The number of unbranched alkanes of at least 4 members (excludes halogenated alkanes) is 4. The summed E-state index contributed by atoms with van der Waals surface area (Å²) in [6, 6.07) is 25.4. The van der Waals surface area contributed by atoms with Gasteiger partial charge in [-0.3, -0.25) is 0 Å². The Bertz CT molecular complexity index is 1820. The molecule has 0 radical (unpaired) electrons. The second-order valence-electron chi connectivity index (χ2n) is 13.9. The van der Waals surface area contributed by atoms with Crippen molar-refractivity contribution in [3.63, 3.8) is 0 Å². The van der Waals surface area contributed by atoms with Gasteiger partial charge in [0.25, 0.3) is 0 Å². The van der Waals surface area contributed by atoms with Crippen molar-refractivity contribution in [2.45, 2.75) is 79.1 Å². The van der Waals surface area contributed by atoms with Crippen molar-refractivity contribution in [2.75, 3.05) is 40.6 Å². The average molecular weight is 729 g/mol. The van der Waals surface area contributed by atoms with E-state index in [0.29, 0.717) is 26.4 Å². The van der Waals surface area contributed by atoms with Crippen molar-refractivity contribution < 1.29 is 28.4 Å². The molecule has 0 aliphatic heterocycles. The molecule has 4 aromatic carbocycles. The Kier molecular flexibility index (Phi) is 13.4. The lowest BCUT2D eigenvalue weighted by molar-refractivity contribution is 0.262. The monoisotopic (exact) mass is 728 g/mol. The molecular weight excluding hydrogens is 673 g/mol. The Balaban J connectivity index is 1.60. The lowest BCUT2D eigenvalue weighted by Crippen LogP contribution is -2.04. The quantitative estimate of drug-likeness (QED) is 0.0845. The molecule has 2 aliphatic carbocycles. The SMILES string of the molecule is CCCCOc1cc2c(cc1OCCCC)/C(=C1\C=C(c3ccc(OC)cc3)c3cc(OCCCC)c(OCCCC)cc31)C=C2c1ccc(OC)cc1. The summed E-state index contributed by atoms with van der Waals surface area (Å²) in [5.41, 5.74) is 11.2. The van der Waals surface area contributed by atoms with Crippen LogP contribution in [0.2, 0.25) is 0 Å². The predicted molar refractivity (Wildman–Crippen MR) is 221 cm³/mol. The molecule has 6 heteroatoms. The Morgan fingerprint density at radius 1 is 0.389 bits per heavy atom. The number of fused-ring (bicyclic) bond motifs is 2. The third kappa shape index (κ3) is 8.65. The highest BCUT2D eigenvalue weighted by molar-refractivity contribution is 6.16. The summed E-state index contributed by atoms with van der Waals surface area (Å²) < 4.78 is 36.9. The standard InChI is InChI=1S/C48H56O6/c1-7-11-23-51-45-29-41-37(33-15-19-35(49-5)20-16-33)27-39(43(41)31-47(45)53-25-13-9-3)40-28-38(34-17-21-36(50-6)22-18-34)42-30-46(52-24-12-8-2)48(32-44(40)42)54-26-14-10-4/h15-22,27-32H,7-14,23-26H2,1-6H3/b40-39+. The van der Waals surface area contributed by atoms with Gasteiger partial charge >= 0.3 is 0 Å². The van der Waals surface area contributed by atoms with Crippen LogP contribution < -0.4 is 28.4 Å². The first kappa shape index (κ1) is 38.6. The highest BCUT2D eigenvalue weighted by Crippen LogP contribution is 2.52. The summed E-state index contributed by atoms with van der Waals surface area (Å²) in [4.78, 5) is 0. The van der Waals surface area contributed by atoms with Crippen LogP contribution in [-0.4, -0.2) is 40.6 Å². The maximum absolute atomic E-state index is 6.48. The van der Waals surface area contributed by atoms with E-state index in [-0.39, 0.29) is 0 Å². The van der Waals surface area contributed by atoms with Crippen LogP contribution in [0.1, 0.15) is 112 Å². The molecule has 0 aromatic heterocycles. The summed E-state index contributed by atoms with van der Waals surface area (Å²) in [6.07, 6.45) is 12.8. The van der Waals surface area contributed by atoms with Gasteiger partial charge in [0.1, 0.15) is 11.5 Å². The van der Waals surface area contributed by atoms with Gasteiger partial charge in [0, 0.05) is 0 Å². The van der Waals surface area contributed by atoms with E-state index in [0.717, 1.165) is 142 Å². The minimum atomic E-state index is 0.633. The van der Waals surface area contributed by atoms with E-state index in [1.54, 1.807) is 14.2 Å². The van der Waals surface area contributed by atoms with Crippen molar-refractivity contribution in [3.05, 3.63) is 118 Å². The number of methoxy groups -OCH3 is 2. The van der Waals surface area contributed by atoms with E-state index < -0.39 is 0 Å². The molecule has 2 aliphatic rings. The fraction of sp³-hybridized carbons (Fsp3) is 0.375. The van der Waals surface area contributed by atoms with E-state index in [9.17, 15) is 0 Å². The smallest absolute Gasteiger partial charge is 0.161 e. The molecule has 0 bridgehead atoms. The zero-order valence-corrected chi connectivity index (χ0v) is 33.0. The van der Waals surface area contributed by atoms with Crippen molar-refractivity contribution in [1.29, 1.82) is 0 Å². The largest absolute Gasteiger partial charge is 0.497 e. The van der Waals surface area contributed by atoms with Crippen LogP contribution in [0.3, 0.4) is 0 Å². The summed E-state index contributed by atoms with van der Waals surface area (Å²) >= 11 is 0. The van der Waals surface area contributed by atoms with Crippen LogP contribution in [-0.2, 0) is 0 Å². The maximum Gasteiger partial charge on any atom is 0.161 e. The van der Waals surface area contributed by atoms with Gasteiger partial charge in [-0.05, 0) is 142 Å². The molecule has 0 unspecified atom stereocenters. The number of allylic oxidation sites excluding steroid dienone is 4. The Morgan fingerprint density at radius 2 is 0.685 bits per heavy atom. The first-order valence-electron chi connectivity index (χ1n) is 19.9. The number of benzene rings is 4. The second kappa shape index (κ2) is 18.8. The fourth-order valence-electron chi connectivity index (χ4n) is 6.83. The van der Waals surface area contributed by atoms with Gasteiger partial charge in [-0.15, -0.1) is 0 Å². The minimum Gasteiger partial charge on any atom is -0.497 e. The molecule has 0 atom stereocenters. The van der Waals surface area contributed by atoms with Gasteiger partial charge in [-0.25, -0.2) is 0 Å². The van der Waals surface area contributed by atoms with Gasteiger partial charge in [0.2, 0.25) is 0 Å². The van der Waals surface area contributed by atoms with E-state index in [2.05, 4.69) is 88.4 Å². The van der Waals surface area contributed by atoms with Crippen LogP contribution in [0.25, 0.3) is 22.3 Å². The third-order valence-electron chi connectivity index (χ3n) is 10.0. The summed E-state index contributed by atoms with van der Waals surface area (Å²) in [5, 5.41) is 0. The third-order valence-corrected chi connectivity index (χ3v) is 10.0. The molecule has 284 valence electrons. The molecule has 0 amide bonds. The zero-order valence-electron chi connectivity index (χ0n) is 33.0. The summed E-state index contributed by atoms with van der Waals surface area (Å²) in [5.74, 6) is 4.77. The van der Waals surface area contributed by atoms with E-state index in [1.807, 2.05) is 24.3 Å². The highest BCUT2D eigenvalue weighted by Gasteiger charge is 2.31. The molecule has 54 heavy (non-hydrogen) atoms.